The molecule has 2 atom stereocenters. The lowest BCUT2D eigenvalue weighted by atomic mass is 9.88. The molecule has 3 amide bonds. The van der Waals surface area contributed by atoms with E-state index >= 15 is 0 Å². The lowest BCUT2D eigenvalue weighted by molar-refractivity contribution is -0.146. The smallest absolute Gasteiger partial charge is 0.313 e. The van der Waals surface area contributed by atoms with Crippen LogP contribution >= 0.6 is 0 Å². The summed E-state index contributed by atoms with van der Waals surface area (Å²) in [6.07, 6.45) is 5.82. The Hall–Kier alpha value is -3.46. The number of nitrogens with one attached hydrogen (secondary N) is 1. The van der Waals surface area contributed by atoms with Gasteiger partial charge in [0, 0.05) is 24.7 Å². The van der Waals surface area contributed by atoms with Gasteiger partial charge >= 0.3 is 11.8 Å². The molecule has 1 aromatic heterocycles. The van der Waals surface area contributed by atoms with Crippen LogP contribution in [0.1, 0.15) is 72.6 Å². The molecule has 1 unspecified atom stereocenters. The largest absolute Gasteiger partial charge is 0.383 e. The van der Waals surface area contributed by atoms with Gasteiger partial charge in [-0.25, -0.2) is 4.98 Å². The van der Waals surface area contributed by atoms with Crippen LogP contribution in [0.5, 0.6) is 0 Å². The minimum absolute atomic E-state index is 0.0822. The summed E-state index contributed by atoms with van der Waals surface area (Å²) in [6.45, 7) is 7.19. The van der Waals surface area contributed by atoms with Gasteiger partial charge in [0.2, 0.25) is 0 Å². The molecular weight excluding hydrogens is 480 g/mol. The van der Waals surface area contributed by atoms with E-state index in [2.05, 4.69) is 29.2 Å². The first-order valence-corrected chi connectivity index (χ1v) is 13.7. The van der Waals surface area contributed by atoms with Gasteiger partial charge in [0.15, 0.2) is 0 Å². The zero-order valence-electron chi connectivity index (χ0n) is 22.6. The second-order valence-corrected chi connectivity index (χ2v) is 11.1. The molecule has 9 heteroatoms. The fraction of sp³-hybridized carbons (Fsp3) is 0.517. The first-order chi connectivity index (χ1) is 18.2. The molecule has 1 aromatic carbocycles. The Balaban J connectivity index is 1.34. The maximum Gasteiger partial charge on any atom is 0.313 e. The van der Waals surface area contributed by atoms with Gasteiger partial charge in [-0.1, -0.05) is 26.0 Å². The van der Waals surface area contributed by atoms with E-state index in [0.717, 1.165) is 61.0 Å². The number of aryl methyl sites for hydroxylation is 1. The number of anilines is 2. The topological polar surface area (TPSA) is 112 Å². The van der Waals surface area contributed by atoms with E-state index in [1.54, 1.807) is 11.0 Å². The minimum Gasteiger partial charge on any atom is -0.383 e. The molecule has 9 nitrogen and oxygen atoms in total. The molecule has 0 aliphatic carbocycles. The third kappa shape index (κ3) is 5.12. The minimum atomic E-state index is -0.691. The van der Waals surface area contributed by atoms with Crippen molar-refractivity contribution >= 4 is 29.2 Å². The number of benzene rings is 1. The number of nitrogens with two attached hydrogens (primary N) is 1. The Labute approximate surface area is 224 Å². The van der Waals surface area contributed by atoms with Crippen molar-refractivity contribution in [2.45, 2.75) is 64.6 Å². The maximum atomic E-state index is 13.4. The van der Waals surface area contributed by atoms with Crippen molar-refractivity contribution in [3.05, 3.63) is 52.7 Å². The number of pyridine rings is 1. The summed E-state index contributed by atoms with van der Waals surface area (Å²) < 4.78 is 0. The summed E-state index contributed by atoms with van der Waals surface area (Å²) in [6, 6.07) is 7.79. The monoisotopic (exact) mass is 518 g/mol. The molecule has 5 rings (SSSR count). The van der Waals surface area contributed by atoms with Crippen LogP contribution in [0.25, 0.3) is 0 Å². The molecule has 0 spiro atoms. The fourth-order valence-corrected chi connectivity index (χ4v) is 6.06. The van der Waals surface area contributed by atoms with Crippen LogP contribution in [0, 0.1) is 5.92 Å². The van der Waals surface area contributed by atoms with Crippen LogP contribution in [0.3, 0.4) is 0 Å². The Kier molecular flexibility index (Phi) is 7.38. The zero-order valence-corrected chi connectivity index (χ0v) is 22.6. The first kappa shape index (κ1) is 26.2. The predicted octanol–water partition coefficient (Wildman–Crippen LogP) is 3.21. The Morgan fingerprint density at radius 2 is 1.89 bits per heavy atom. The summed E-state index contributed by atoms with van der Waals surface area (Å²) in [7, 11) is 2.12. The van der Waals surface area contributed by atoms with E-state index in [0.29, 0.717) is 31.0 Å². The molecule has 3 N–H and O–H groups in total. The molecular formula is C29H38N6O3. The number of nitrogen functional groups attached to an aromatic ring is 1. The van der Waals surface area contributed by atoms with Crippen molar-refractivity contribution in [2.24, 2.45) is 5.92 Å². The summed E-state index contributed by atoms with van der Waals surface area (Å²) in [5, 5.41) is 2.71. The number of nitrogens with zero attached hydrogens (tertiary/aromatic N) is 4. The van der Waals surface area contributed by atoms with Gasteiger partial charge in [-0.2, -0.15) is 0 Å². The van der Waals surface area contributed by atoms with E-state index in [4.69, 9.17) is 5.73 Å². The number of aromatic nitrogens is 1. The fourth-order valence-electron chi connectivity index (χ4n) is 6.06. The number of piperidine rings is 2. The Morgan fingerprint density at radius 1 is 1.13 bits per heavy atom. The van der Waals surface area contributed by atoms with Crippen molar-refractivity contribution in [1.82, 2.24) is 19.7 Å². The van der Waals surface area contributed by atoms with Gasteiger partial charge in [0.25, 0.3) is 5.91 Å². The third-order valence-electron chi connectivity index (χ3n) is 8.39. The maximum absolute atomic E-state index is 13.4. The summed E-state index contributed by atoms with van der Waals surface area (Å²) in [4.78, 5) is 50.0. The highest BCUT2D eigenvalue weighted by molar-refractivity contribution is 6.39. The van der Waals surface area contributed by atoms with Gasteiger partial charge in [-0.3, -0.25) is 14.4 Å². The molecule has 0 saturated carbocycles. The number of fused-ring (bicyclic) bond motifs is 1. The highest BCUT2D eigenvalue weighted by Crippen LogP contribution is 2.37. The van der Waals surface area contributed by atoms with Crippen LogP contribution in [0.4, 0.5) is 11.5 Å². The zero-order chi connectivity index (χ0) is 27.0. The van der Waals surface area contributed by atoms with Crippen molar-refractivity contribution in [3.8, 4) is 0 Å². The molecule has 0 bridgehead atoms. The average molecular weight is 519 g/mol. The van der Waals surface area contributed by atoms with Gasteiger partial charge in [-0.15, -0.1) is 0 Å². The molecule has 2 saturated heterocycles. The molecule has 2 aromatic rings. The Bertz CT molecular complexity index is 1240. The van der Waals surface area contributed by atoms with Gasteiger partial charge < -0.3 is 25.8 Å². The molecule has 4 heterocycles. The van der Waals surface area contributed by atoms with Crippen molar-refractivity contribution in [2.75, 3.05) is 37.7 Å². The van der Waals surface area contributed by atoms with E-state index in [1.807, 2.05) is 30.0 Å². The normalized spacial score (nSPS) is 22.4. The molecule has 3 aliphatic rings. The van der Waals surface area contributed by atoms with Crippen LogP contribution in [-0.2, 0) is 22.6 Å². The second-order valence-electron chi connectivity index (χ2n) is 11.1. The number of likely N-dealkylation sites (tertiary alicyclic amines) is 2. The molecule has 202 valence electrons. The van der Waals surface area contributed by atoms with Crippen LogP contribution < -0.4 is 11.1 Å². The van der Waals surface area contributed by atoms with Crippen molar-refractivity contribution in [1.29, 1.82) is 0 Å². The molecule has 0 radical (unpaired) electrons. The highest BCUT2D eigenvalue weighted by Gasteiger charge is 2.37. The van der Waals surface area contributed by atoms with Crippen molar-refractivity contribution < 1.29 is 14.4 Å². The number of carbonyl (C=O) groups excluding carboxylic acids is 3. The Morgan fingerprint density at radius 3 is 2.63 bits per heavy atom. The number of carbonyl (C=O) groups is 3. The quantitative estimate of drug-likeness (QED) is 0.601. The van der Waals surface area contributed by atoms with Crippen LogP contribution in [0.15, 0.2) is 30.5 Å². The molecule has 3 aliphatic heterocycles. The standard InChI is InChI=1S/C29H38N6O3/c1-4-19-13-22(15-31-26(19)30)32-27(36)29(38)35-16-18(2)5-8-25(35)20-6-7-21-17-34(28(37)24(21)14-20)23-9-11-33(3)12-10-23/h6-7,13-15,18,23,25H,4-5,8-12,16-17H2,1-3H3,(H2,30,31)(H,32,36)/t18-,25?/m0/s1. The second kappa shape index (κ2) is 10.7. The molecule has 2 fully saturated rings. The van der Waals surface area contributed by atoms with Crippen LogP contribution in [-0.4, -0.2) is 70.1 Å². The van der Waals surface area contributed by atoms with E-state index < -0.39 is 11.8 Å². The lowest BCUT2D eigenvalue weighted by Crippen LogP contribution is -2.46. The molecule has 38 heavy (non-hydrogen) atoms. The summed E-state index contributed by atoms with van der Waals surface area (Å²) in [5.74, 6) is -0.482. The van der Waals surface area contributed by atoms with E-state index in [9.17, 15) is 14.4 Å². The number of hydrogen-bond acceptors (Lipinski definition) is 6. The first-order valence-electron chi connectivity index (χ1n) is 13.7. The summed E-state index contributed by atoms with van der Waals surface area (Å²) in [5.41, 5.74) is 9.84. The number of rotatable bonds is 4. The van der Waals surface area contributed by atoms with E-state index in [1.165, 1.54) is 6.20 Å². The van der Waals surface area contributed by atoms with Gasteiger partial charge in [-0.05, 0) is 87.0 Å². The lowest BCUT2D eigenvalue weighted by Gasteiger charge is -2.38. The number of amides is 3. The average Bonchev–Trinajstić information content (AvgIpc) is 3.25. The van der Waals surface area contributed by atoms with Gasteiger partial charge in [0.1, 0.15) is 5.82 Å². The highest BCUT2D eigenvalue weighted by atomic mass is 16.2. The van der Waals surface area contributed by atoms with Crippen LogP contribution in [0.2, 0.25) is 0 Å². The predicted molar refractivity (Wildman–Crippen MR) is 146 cm³/mol. The van der Waals surface area contributed by atoms with Gasteiger partial charge in [0.05, 0.1) is 17.9 Å². The SMILES string of the molecule is CCc1cc(NC(=O)C(=O)N2C[C@@H](C)CCC2c2ccc3c(c2)C(=O)N(C2CCN(C)CC2)C3)cnc1N. The van der Waals surface area contributed by atoms with E-state index in [-0.39, 0.29) is 23.9 Å². The summed E-state index contributed by atoms with van der Waals surface area (Å²) >= 11 is 0. The third-order valence-corrected chi connectivity index (χ3v) is 8.39. The van der Waals surface area contributed by atoms with Crippen molar-refractivity contribution in [3.63, 3.8) is 0 Å². The number of hydrogen-bond donors (Lipinski definition) is 2.